The van der Waals surface area contributed by atoms with Crippen molar-refractivity contribution in [3.05, 3.63) is 0 Å². The zero-order valence-corrected chi connectivity index (χ0v) is 9.90. The van der Waals surface area contributed by atoms with E-state index in [0.29, 0.717) is 13.0 Å². The summed E-state index contributed by atoms with van der Waals surface area (Å²) in [5, 5.41) is 11.8. The van der Waals surface area contributed by atoms with Gasteiger partial charge in [-0.1, -0.05) is 6.42 Å². The highest BCUT2D eigenvalue weighted by Gasteiger charge is 2.29. The molecule has 0 aromatic rings. The number of carbonyl (C=O) groups excluding carboxylic acids is 1. The minimum Gasteiger partial charge on any atom is -0.480 e. The zero-order valence-electron chi connectivity index (χ0n) is 9.90. The molecule has 0 aromatic carbocycles. The molecule has 5 heteroatoms. The monoisotopic (exact) mass is 228 g/mol. The maximum absolute atomic E-state index is 11.5. The highest BCUT2D eigenvalue weighted by molar-refractivity contribution is 5.80. The van der Waals surface area contributed by atoms with Crippen LogP contribution < -0.4 is 5.32 Å². The number of carboxylic acid groups (broad SMARTS) is 1. The van der Waals surface area contributed by atoms with Gasteiger partial charge in [0.05, 0.1) is 6.54 Å². The minimum atomic E-state index is -0.822. The molecule has 0 radical (unpaired) electrons. The lowest BCUT2D eigenvalue weighted by molar-refractivity contribution is -0.145. The standard InChI is InChI=1S/C11H20N2O3/c1-8(2)12-10(14)7-13-6-4-3-5-9(13)11(15)16/h8-9H,3-7H2,1-2H3,(H,12,14)(H,15,16)/t9-/m1/s1. The van der Waals surface area contributed by atoms with Gasteiger partial charge in [0, 0.05) is 6.04 Å². The predicted octanol–water partition coefficient (Wildman–Crippen LogP) is 0.450. The van der Waals surface area contributed by atoms with E-state index in [4.69, 9.17) is 5.11 Å². The van der Waals surface area contributed by atoms with Gasteiger partial charge in [-0.2, -0.15) is 0 Å². The van der Waals surface area contributed by atoms with Crippen molar-refractivity contribution < 1.29 is 14.7 Å². The second kappa shape index (κ2) is 5.84. The Kier molecular flexibility index (Phi) is 4.73. The van der Waals surface area contributed by atoms with Gasteiger partial charge in [-0.3, -0.25) is 14.5 Å². The van der Waals surface area contributed by atoms with Crippen LogP contribution in [0.4, 0.5) is 0 Å². The van der Waals surface area contributed by atoms with Crippen LogP contribution in [0.15, 0.2) is 0 Å². The number of hydrogen-bond donors (Lipinski definition) is 2. The molecule has 5 nitrogen and oxygen atoms in total. The van der Waals surface area contributed by atoms with Gasteiger partial charge >= 0.3 is 5.97 Å². The smallest absolute Gasteiger partial charge is 0.320 e. The topological polar surface area (TPSA) is 69.6 Å². The molecule has 1 saturated heterocycles. The van der Waals surface area contributed by atoms with Gasteiger partial charge < -0.3 is 10.4 Å². The van der Waals surface area contributed by atoms with Gasteiger partial charge in [0.1, 0.15) is 6.04 Å². The van der Waals surface area contributed by atoms with E-state index in [0.717, 1.165) is 12.8 Å². The van der Waals surface area contributed by atoms with Crippen LogP contribution in [-0.2, 0) is 9.59 Å². The van der Waals surface area contributed by atoms with Crippen molar-refractivity contribution in [2.75, 3.05) is 13.1 Å². The Bertz CT molecular complexity index is 266. The van der Waals surface area contributed by atoms with Gasteiger partial charge in [-0.15, -0.1) is 0 Å². The van der Waals surface area contributed by atoms with Crippen LogP contribution >= 0.6 is 0 Å². The van der Waals surface area contributed by atoms with Crippen LogP contribution in [0.5, 0.6) is 0 Å². The number of likely N-dealkylation sites (tertiary alicyclic amines) is 1. The lowest BCUT2D eigenvalue weighted by Crippen LogP contribution is -2.49. The Morgan fingerprint density at radius 1 is 1.44 bits per heavy atom. The maximum atomic E-state index is 11.5. The van der Waals surface area contributed by atoms with E-state index >= 15 is 0 Å². The lowest BCUT2D eigenvalue weighted by atomic mass is 10.0. The van der Waals surface area contributed by atoms with Crippen LogP contribution in [0.2, 0.25) is 0 Å². The molecule has 1 fully saturated rings. The number of aliphatic carboxylic acids is 1. The summed E-state index contributed by atoms with van der Waals surface area (Å²) in [7, 11) is 0. The molecule has 92 valence electrons. The Balaban J connectivity index is 2.49. The van der Waals surface area contributed by atoms with E-state index in [9.17, 15) is 9.59 Å². The van der Waals surface area contributed by atoms with E-state index < -0.39 is 12.0 Å². The number of rotatable bonds is 4. The number of piperidine rings is 1. The molecule has 0 spiro atoms. The average molecular weight is 228 g/mol. The summed E-state index contributed by atoms with van der Waals surface area (Å²) in [5.41, 5.74) is 0. The number of hydrogen-bond acceptors (Lipinski definition) is 3. The van der Waals surface area contributed by atoms with Crippen molar-refractivity contribution >= 4 is 11.9 Å². The van der Waals surface area contributed by atoms with Gasteiger partial charge in [0.25, 0.3) is 0 Å². The molecule has 16 heavy (non-hydrogen) atoms. The first-order valence-electron chi connectivity index (χ1n) is 5.77. The summed E-state index contributed by atoms with van der Waals surface area (Å²) in [6.07, 6.45) is 2.54. The summed E-state index contributed by atoms with van der Waals surface area (Å²) < 4.78 is 0. The van der Waals surface area contributed by atoms with E-state index in [2.05, 4.69) is 5.32 Å². The summed E-state index contributed by atoms with van der Waals surface area (Å²) in [4.78, 5) is 24.3. The molecule has 1 atom stereocenters. The average Bonchev–Trinajstić information content (AvgIpc) is 2.16. The molecule has 1 aliphatic rings. The van der Waals surface area contributed by atoms with Crippen molar-refractivity contribution in [2.45, 2.75) is 45.2 Å². The zero-order chi connectivity index (χ0) is 12.1. The van der Waals surface area contributed by atoms with Crippen LogP contribution in [0.25, 0.3) is 0 Å². The second-order valence-electron chi connectivity index (χ2n) is 4.54. The summed E-state index contributed by atoms with van der Waals surface area (Å²) in [6, 6.07) is -0.396. The number of amides is 1. The Morgan fingerprint density at radius 3 is 2.69 bits per heavy atom. The molecule has 2 N–H and O–H groups in total. The molecule has 0 unspecified atom stereocenters. The molecular formula is C11H20N2O3. The van der Waals surface area contributed by atoms with Crippen LogP contribution in [0.3, 0.4) is 0 Å². The molecule has 0 bridgehead atoms. The second-order valence-corrected chi connectivity index (χ2v) is 4.54. The van der Waals surface area contributed by atoms with E-state index in [1.54, 1.807) is 4.90 Å². The first-order valence-corrected chi connectivity index (χ1v) is 5.77. The van der Waals surface area contributed by atoms with Crippen molar-refractivity contribution in [1.29, 1.82) is 0 Å². The van der Waals surface area contributed by atoms with Gasteiger partial charge in [-0.25, -0.2) is 0 Å². The fourth-order valence-corrected chi connectivity index (χ4v) is 2.01. The first-order chi connectivity index (χ1) is 7.50. The van der Waals surface area contributed by atoms with E-state index in [-0.39, 0.29) is 18.5 Å². The quantitative estimate of drug-likeness (QED) is 0.733. The van der Waals surface area contributed by atoms with Gasteiger partial charge in [0.2, 0.25) is 5.91 Å². The Hall–Kier alpha value is -1.10. The Labute approximate surface area is 95.8 Å². The highest BCUT2D eigenvalue weighted by Crippen LogP contribution is 2.16. The normalized spacial score (nSPS) is 22.1. The molecule has 0 aromatic heterocycles. The molecule has 1 rings (SSSR count). The first kappa shape index (κ1) is 13.0. The number of nitrogens with one attached hydrogen (secondary N) is 1. The third-order valence-electron chi connectivity index (χ3n) is 2.70. The maximum Gasteiger partial charge on any atom is 0.320 e. The van der Waals surface area contributed by atoms with Crippen molar-refractivity contribution in [3.8, 4) is 0 Å². The number of carbonyl (C=O) groups is 2. The van der Waals surface area contributed by atoms with Crippen LogP contribution in [-0.4, -0.2) is 47.1 Å². The van der Waals surface area contributed by atoms with Crippen molar-refractivity contribution in [3.63, 3.8) is 0 Å². The molecular weight excluding hydrogens is 208 g/mol. The van der Waals surface area contributed by atoms with Crippen molar-refractivity contribution in [2.24, 2.45) is 0 Å². The third-order valence-corrected chi connectivity index (χ3v) is 2.70. The summed E-state index contributed by atoms with van der Waals surface area (Å²) in [5.74, 6) is -0.916. The third kappa shape index (κ3) is 3.81. The molecule has 0 saturated carbocycles. The number of carboxylic acids is 1. The fourth-order valence-electron chi connectivity index (χ4n) is 2.01. The van der Waals surface area contributed by atoms with E-state index in [1.165, 1.54) is 0 Å². The minimum absolute atomic E-state index is 0.0943. The number of nitrogens with zero attached hydrogens (tertiary/aromatic N) is 1. The van der Waals surface area contributed by atoms with E-state index in [1.807, 2.05) is 13.8 Å². The largest absolute Gasteiger partial charge is 0.480 e. The predicted molar refractivity (Wildman–Crippen MR) is 60.1 cm³/mol. The van der Waals surface area contributed by atoms with Crippen LogP contribution in [0, 0.1) is 0 Å². The van der Waals surface area contributed by atoms with Crippen molar-refractivity contribution in [1.82, 2.24) is 10.2 Å². The Morgan fingerprint density at radius 2 is 2.12 bits per heavy atom. The van der Waals surface area contributed by atoms with Gasteiger partial charge in [-0.05, 0) is 33.2 Å². The SMILES string of the molecule is CC(C)NC(=O)CN1CCCC[C@@H]1C(=O)O. The molecule has 0 aliphatic carbocycles. The summed E-state index contributed by atoms with van der Waals surface area (Å²) >= 11 is 0. The molecule has 1 amide bonds. The highest BCUT2D eigenvalue weighted by atomic mass is 16.4. The summed E-state index contributed by atoms with van der Waals surface area (Å²) in [6.45, 7) is 4.67. The fraction of sp³-hybridized carbons (Fsp3) is 0.818. The van der Waals surface area contributed by atoms with Crippen LogP contribution in [0.1, 0.15) is 33.1 Å². The molecule has 1 aliphatic heterocycles. The lowest BCUT2D eigenvalue weighted by Gasteiger charge is -2.32. The van der Waals surface area contributed by atoms with Gasteiger partial charge in [0.15, 0.2) is 0 Å². The molecule has 1 heterocycles.